The van der Waals surface area contributed by atoms with E-state index in [1.54, 1.807) is 0 Å². The number of ether oxygens (including phenoxy) is 3. The zero-order valence-electron chi connectivity index (χ0n) is 54.5. The third kappa shape index (κ3) is 67.4. The summed E-state index contributed by atoms with van der Waals surface area (Å²) in [4.78, 5) is 38.5. The summed E-state index contributed by atoms with van der Waals surface area (Å²) in [7, 11) is 0. The summed E-state index contributed by atoms with van der Waals surface area (Å²) in [6.45, 7) is 6.55. The van der Waals surface area contributed by atoms with Crippen LogP contribution in [0.4, 0.5) is 0 Å². The molecule has 0 aromatic heterocycles. The molecule has 0 saturated heterocycles. The van der Waals surface area contributed by atoms with E-state index in [1.807, 2.05) is 0 Å². The normalized spacial score (nSPS) is 12.6. The zero-order valence-corrected chi connectivity index (χ0v) is 54.5. The van der Waals surface area contributed by atoms with Crippen molar-refractivity contribution in [3.05, 3.63) is 85.1 Å². The predicted molar refractivity (Wildman–Crippen MR) is 358 cm³/mol. The SMILES string of the molecule is CC/C=C\C/C=C\C/C=C\C/C=C\C/C=C\CCCCCCCCCCCC(=O)OCC(COC(=O)CCCCCCC/C=C\C/C=C\CCCCCC)OC(=O)CCCCCCCCCCCCCCCCCCCCCCCCC. The third-order valence-electron chi connectivity index (χ3n) is 15.6. The van der Waals surface area contributed by atoms with Gasteiger partial charge in [-0.15, -0.1) is 0 Å². The van der Waals surface area contributed by atoms with Gasteiger partial charge in [0.15, 0.2) is 6.10 Å². The average molecular weight is 1140 g/mol. The highest BCUT2D eigenvalue weighted by Gasteiger charge is 2.19. The number of hydrogen-bond acceptors (Lipinski definition) is 6. The zero-order chi connectivity index (χ0) is 59.2. The van der Waals surface area contributed by atoms with Crippen LogP contribution in [0.5, 0.6) is 0 Å². The van der Waals surface area contributed by atoms with Gasteiger partial charge in [-0.2, -0.15) is 0 Å². The summed E-state index contributed by atoms with van der Waals surface area (Å²) < 4.78 is 17.0. The predicted octanol–water partition coefficient (Wildman–Crippen LogP) is 24.6. The van der Waals surface area contributed by atoms with E-state index in [1.165, 1.54) is 205 Å². The summed E-state index contributed by atoms with van der Waals surface area (Å²) in [5, 5.41) is 0. The molecule has 0 aliphatic rings. The van der Waals surface area contributed by atoms with E-state index >= 15 is 0 Å². The maximum Gasteiger partial charge on any atom is 0.306 e. The Morgan fingerprint density at radius 1 is 0.256 bits per heavy atom. The van der Waals surface area contributed by atoms with Crippen LogP contribution in [0.1, 0.15) is 361 Å². The van der Waals surface area contributed by atoms with E-state index in [9.17, 15) is 14.4 Å². The van der Waals surface area contributed by atoms with Crippen molar-refractivity contribution >= 4 is 17.9 Å². The quantitative estimate of drug-likeness (QED) is 0.0261. The first-order chi connectivity index (χ1) is 40.5. The van der Waals surface area contributed by atoms with Gasteiger partial charge in [-0.3, -0.25) is 14.4 Å². The molecule has 1 unspecified atom stereocenters. The molecular weight excluding hydrogens is 1010 g/mol. The van der Waals surface area contributed by atoms with Crippen molar-refractivity contribution in [2.24, 2.45) is 0 Å². The van der Waals surface area contributed by atoms with E-state index in [-0.39, 0.29) is 31.1 Å². The number of hydrogen-bond donors (Lipinski definition) is 0. The molecule has 6 heteroatoms. The number of allylic oxidation sites excluding steroid dienone is 14. The molecule has 0 aromatic carbocycles. The van der Waals surface area contributed by atoms with Gasteiger partial charge in [0.25, 0.3) is 0 Å². The van der Waals surface area contributed by atoms with Crippen LogP contribution >= 0.6 is 0 Å². The van der Waals surface area contributed by atoms with Crippen LogP contribution in [0.25, 0.3) is 0 Å². The van der Waals surface area contributed by atoms with E-state index in [2.05, 4.69) is 106 Å². The number of rotatable bonds is 65. The topological polar surface area (TPSA) is 78.9 Å². The Kier molecular flexibility index (Phi) is 67.2. The molecule has 0 bridgehead atoms. The summed E-state index contributed by atoms with van der Waals surface area (Å²) >= 11 is 0. The Bertz CT molecular complexity index is 1550. The fourth-order valence-electron chi connectivity index (χ4n) is 10.3. The van der Waals surface area contributed by atoms with Crippen molar-refractivity contribution in [1.82, 2.24) is 0 Å². The highest BCUT2D eigenvalue weighted by molar-refractivity contribution is 5.71. The third-order valence-corrected chi connectivity index (χ3v) is 15.6. The molecule has 6 nitrogen and oxygen atoms in total. The van der Waals surface area contributed by atoms with E-state index in [0.717, 1.165) is 116 Å². The van der Waals surface area contributed by atoms with Crippen LogP contribution in [-0.4, -0.2) is 37.2 Å². The molecule has 0 amide bonds. The highest BCUT2D eigenvalue weighted by Crippen LogP contribution is 2.18. The van der Waals surface area contributed by atoms with Gasteiger partial charge in [0.05, 0.1) is 0 Å². The lowest BCUT2D eigenvalue weighted by molar-refractivity contribution is -0.167. The van der Waals surface area contributed by atoms with Crippen LogP contribution in [0.3, 0.4) is 0 Å². The van der Waals surface area contributed by atoms with Gasteiger partial charge in [-0.25, -0.2) is 0 Å². The van der Waals surface area contributed by atoms with Crippen LogP contribution in [0.2, 0.25) is 0 Å². The van der Waals surface area contributed by atoms with E-state index in [4.69, 9.17) is 14.2 Å². The van der Waals surface area contributed by atoms with Gasteiger partial charge in [-0.05, 0) is 96.3 Å². The van der Waals surface area contributed by atoms with Gasteiger partial charge < -0.3 is 14.2 Å². The van der Waals surface area contributed by atoms with Crippen molar-refractivity contribution < 1.29 is 28.6 Å². The molecule has 0 spiro atoms. The molecule has 0 aliphatic carbocycles. The maximum absolute atomic E-state index is 13.0. The Morgan fingerprint density at radius 3 is 0.756 bits per heavy atom. The lowest BCUT2D eigenvalue weighted by atomic mass is 10.0. The molecule has 82 heavy (non-hydrogen) atoms. The van der Waals surface area contributed by atoms with Gasteiger partial charge in [0.2, 0.25) is 0 Å². The van der Waals surface area contributed by atoms with Crippen molar-refractivity contribution in [2.45, 2.75) is 367 Å². The molecule has 0 heterocycles. The van der Waals surface area contributed by atoms with E-state index in [0.29, 0.717) is 19.3 Å². The molecule has 474 valence electrons. The first kappa shape index (κ1) is 78.6. The maximum atomic E-state index is 13.0. The van der Waals surface area contributed by atoms with Crippen LogP contribution < -0.4 is 0 Å². The highest BCUT2D eigenvalue weighted by atomic mass is 16.6. The second-order valence-corrected chi connectivity index (χ2v) is 23.8. The van der Waals surface area contributed by atoms with Gasteiger partial charge in [0, 0.05) is 19.3 Å². The van der Waals surface area contributed by atoms with Crippen molar-refractivity contribution in [2.75, 3.05) is 13.2 Å². The number of carbonyl (C=O) groups is 3. The molecule has 0 radical (unpaired) electrons. The molecule has 0 aromatic rings. The fraction of sp³-hybridized carbons (Fsp3) is 0.776. The van der Waals surface area contributed by atoms with E-state index < -0.39 is 6.10 Å². The van der Waals surface area contributed by atoms with Crippen molar-refractivity contribution in [1.29, 1.82) is 0 Å². The summed E-state index contributed by atoms with van der Waals surface area (Å²) in [6.07, 6.45) is 93.2. The summed E-state index contributed by atoms with van der Waals surface area (Å²) in [5.74, 6) is -0.880. The minimum Gasteiger partial charge on any atom is -0.462 e. The molecule has 0 fully saturated rings. The minimum atomic E-state index is -0.786. The Hall–Kier alpha value is -3.41. The summed E-state index contributed by atoms with van der Waals surface area (Å²) in [5.41, 5.74) is 0. The van der Waals surface area contributed by atoms with Gasteiger partial charge in [0.1, 0.15) is 13.2 Å². The van der Waals surface area contributed by atoms with Crippen LogP contribution in [0, 0.1) is 0 Å². The second-order valence-electron chi connectivity index (χ2n) is 23.8. The van der Waals surface area contributed by atoms with Crippen molar-refractivity contribution in [3.8, 4) is 0 Å². The number of carbonyl (C=O) groups excluding carboxylic acids is 3. The summed E-state index contributed by atoms with van der Waals surface area (Å²) in [6, 6.07) is 0. The first-order valence-electron chi connectivity index (χ1n) is 35.6. The Balaban J connectivity index is 4.34. The lowest BCUT2D eigenvalue weighted by Gasteiger charge is -2.18. The molecule has 0 aliphatic heterocycles. The minimum absolute atomic E-state index is 0.0812. The average Bonchev–Trinajstić information content (AvgIpc) is 3.47. The first-order valence-corrected chi connectivity index (χ1v) is 35.6. The molecule has 0 saturated carbocycles. The largest absolute Gasteiger partial charge is 0.462 e. The monoisotopic (exact) mass is 1140 g/mol. The molecule has 0 rings (SSSR count). The number of esters is 3. The molecule has 1 atom stereocenters. The smallest absolute Gasteiger partial charge is 0.306 e. The second kappa shape index (κ2) is 70.1. The van der Waals surface area contributed by atoms with Crippen LogP contribution in [-0.2, 0) is 28.6 Å². The Morgan fingerprint density at radius 2 is 0.476 bits per heavy atom. The fourth-order valence-corrected chi connectivity index (χ4v) is 10.3. The molecule has 0 N–H and O–H groups in total. The van der Waals surface area contributed by atoms with Gasteiger partial charge in [-0.1, -0.05) is 331 Å². The molecular formula is C76H134O6. The number of unbranched alkanes of at least 4 members (excludes halogenated alkanes) is 40. The lowest BCUT2D eigenvalue weighted by Crippen LogP contribution is -2.30. The standard InChI is InChI=1S/C76H134O6/c1-4-7-10-13-16-19-22-25-28-31-33-35-37-38-40-41-43-45-48-51-54-57-60-63-66-69-75(78)81-72-73(71-80-74(77)68-65-62-59-56-53-50-47-30-27-24-21-18-15-12-9-6-3)82-76(79)70-67-64-61-58-55-52-49-46-44-42-39-36-34-32-29-26-23-20-17-14-11-8-5-2/h7,10,16,19,21,24-25,28,30,33,35,38,40,47,73H,4-6,8-9,11-15,17-18,20,22-23,26-27,29,31-32,34,36-37,39,41-46,48-72H2,1-3H3/b10-7-,19-16-,24-21-,28-25-,35-33-,40-38-,47-30-. The van der Waals surface area contributed by atoms with Crippen molar-refractivity contribution in [3.63, 3.8) is 0 Å². The van der Waals surface area contributed by atoms with Gasteiger partial charge >= 0.3 is 17.9 Å². The Labute approximate surface area is 509 Å². The van der Waals surface area contributed by atoms with Crippen LogP contribution in [0.15, 0.2) is 85.1 Å².